The van der Waals surface area contributed by atoms with E-state index in [0.717, 1.165) is 5.92 Å². The van der Waals surface area contributed by atoms with Crippen molar-refractivity contribution in [2.75, 3.05) is 19.6 Å². The first-order valence-electron chi connectivity index (χ1n) is 6.75. The lowest BCUT2D eigenvalue weighted by Crippen LogP contribution is -2.40. The van der Waals surface area contributed by atoms with Gasteiger partial charge in [-0.15, -0.1) is 0 Å². The van der Waals surface area contributed by atoms with Gasteiger partial charge < -0.3 is 10.0 Å². The Morgan fingerprint density at radius 1 is 1.00 bits per heavy atom. The van der Waals surface area contributed by atoms with E-state index >= 15 is 0 Å². The SMILES string of the molecule is OC1C2CCC(C2)C1CN1CCCCC1. The first-order chi connectivity index (χ1) is 7.34. The van der Waals surface area contributed by atoms with Crippen molar-refractivity contribution in [3.05, 3.63) is 0 Å². The Bertz CT molecular complexity index is 223. The third kappa shape index (κ3) is 1.83. The highest BCUT2D eigenvalue weighted by atomic mass is 16.3. The molecule has 1 aliphatic heterocycles. The van der Waals surface area contributed by atoms with Gasteiger partial charge in [0.1, 0.15) is 0 Å². The molecular weight excluding hydrogens is 186 g/mol. The minimum Gasteiger partial charge on any atom is -0.392 e. The molecule has 86 valence electrons. The van der Waals surface area contributed by atoms with Gasteiger partial charge in [-0.1, -0.05) is 6.42 Å². The zero-order valence-corrected chi connectivity index (χ0v) is 9.57. The molecule has 3 fully saturated rings. The highest BCUT2D eigenvalue weighted by Crippen LogP contribution is 2.48. The van der Waals surface area contributed by atoms with Gasteiger partial charge in [0, 0.05) is 12.5 Å². The second-order valence-electron chi connectivity index (χ2n) is 5.85. The largest absolute Gasteiger partial charge is 0.392 e. The van der Waals surface area contributed by atoms with Gasteiger partial charge in [0.05, 0.1) is 6.10 Å². The summed E-state index contributed by atoms with van der Waals surface area (Å²) in [6.45, 7) is 3.74. The van der Waals surface area contributed by atoms with Crippen molar-refractivity contribution in [1.29, 1.82) is 0 Å². The predicted octanol–water partition coefficient (Wildman–Crippen LogP) is 1.88. The molecule has 0 aromatic rings. The van der Waals surface area contributed by atoms with Crippen LogP contribution < -0.4 is 0 Å². The minimum absolute atomic E-state index is 0.0330. The van der Waals surface area contributed by atoms with Gasteiger partial charge in [0.2, 0.25) is 0 Å². The van der Waals surface area contributed by atoms with Crippen LogP contribution in [0, 0.1) is 17.8 Å². The number of aliphatic hydroxyl groups excluding tert-OH is 1. The van der Waals surface area contributed by atoms with Crippen LogP contribution in [0.5, 0.6) is 0 Å². The number of rotatable bonds is 2. The normalized spacial score (nSPS) is 46.2. The second kappa shape index (κ2) is 4.06. The van der Waals surface area contributed by atoms with Gasteiger partial charge >= 0.3 is 0 Å². The molecule has 0 aromatic heterocycles. The molecule has 1 N–H and O–H groups in total. The van der Waals surface area contributed by atoms with Crippen LogP contribution in [0.4, 0.5) is 0 Å². The summed E-state index contributed by atoms with van der Waals surface area (Å²) in [5, 5.41) is 10.2. The number of aliphatic hydroxyl groups is 1. The molecule has 1 saturated heterocycles. The fourth-order valence-corrected chi connectivity index (χ4v) is 4.08. The fraction of sp³-hybridized carbons (Fsp3) is 1.00. The van der Waals surface area contributed by atoms with Gasteiger partial charge in [-0.05, 0) is 57.0 Å². The number of fused-ring (bicyclic) bond motifs is 2. The molecule has 2 aliphatic carbocycles. The molecular formula is C13H23NO. The van der Waals surface area contributed by atoms with E-state index in [4.69, 9.17) is 0 Å². The average Bonchev–Trinajstić information content (AvgIpc) is 2.84. The zero-order chi connectivity index (χ0) is 10.3. The summed E-state index contributed by atoms with van der Waals surface area (Å²) in [6, 6.07) is 0. The molecule has 2 saturated carbocycles. The van der Waals surface area contributed by atoms with Gasteiger partial charge in [0.25, 0.3) is 0 Å². The van der Waals surface area contributed by atoms with Crippen molar-refractivity contribution < 1.29 is 5.11 Å². The molecule has 2 nitrogen and oxygen atoms in total. The van der Waals surface area contributed by atoms with E-state index in [1.807, 2.05) is 0 Å². The van der Waals surface area contributed by atoms with Crippen molar-refractivity contribution in [3.63, 3.8) is 0 Å². The Kier molecular flexibility index (Phi) is 2.73. The third-order valence-electron chi connectivity index (χ3n) is 4.96. The molecule has 3 rings (SSSR count). The number of likely N-dealkylation sites (tertiary alicyclic amines) is 1. The predicted molar refractivity (Wildman–Crippen MR) is 60.6 cm³/mol. The quantitative estimate of drug-likeness (QED) is 0.750. The first kappa shape index (κ1) is 10.1. The summed E-state index contributed by atoms with van der Waals surface area (Å²) in [4.78, 5) is 2.60. The van der Waals surface area contributed by atoms with Crippen LogP contribution in [0.25, 0.3) is 0 Å². The minimum atomic E-state index is 0.0330. The van der Waals surface area contributed by atoms with Crippen molar-refractivity contribution in [2.45, 2.75) is 44.6 Å². The highest BCUT2D eigenvalue weighted by molar-refractivity contribution is 4.97. The van der Waals surface area contributed by atoms with Gasteiger partial charge in [0.15, 0.2) is 0 Å². The van der Waals surface area contributed by atoms with Crippen LogP contribution in [-0.4, -0.2) is 35.7 Å². The first-order valence-corrected chi connectivity index (χ1v) is 6.75. The van der Waals surface area contributed by atoms with E-state index in [1.165, 1.54) is 58.2 Å². The molecule has 0 amide bonds. The molecule has 15 heavy (non-hydrogen) atoms. The smallest absolute Gasteiger partial charge is 0.0611 e. The Balaban J connectivity index is 1.58. The van der Waals surface area contributed by atoms with Gasteiger partial charge in [-0.3, -0.25) is 0 Å². The lowest BCUT2D eigenvalue weighted by molar-refractivity contribution is 0.0341. The summed E-state index contributed by atoms with van der Waals surface area (Å²) in [5.74, 6) is 2.12. The summed E-state index contributed by atoms with van der Waals surface area (Å²) in [5.41, 5.74) is 0. The summed E-state index contributed by atoms with van der Waals surface area (Å²) >= 11 is 0. The molecule has 2 heteroatoms. The summed E-state index contributed by atoms with van der Waals surface area (Å²) < 4.78 is 0. The second-order valence-corrected chi connectivity index (χ2v) is 5.85. The Morgan fingerprint density at radius 3 is 2.40 bits per heavy atom. The molecule has 0 radical (unpaired) electrons. The van der Waals surface area contributed by atoms with Crippen LogP contribution in [0.1, 0.15) is 38.5 Å². The van der Waals surface area contributed by atoms with E-state index < -0.39 is 0 Å². The highest BCUT2D eigenvalue weighted by Gasteiger charge is 2.46. The van der Waals surface area contributed by atoms with E-state index in [1.54, 1.807) is 0 Å². The lowest BCUT2D eigenvalue weighted by atomic mass is 9.85. The van der Waals surface area contributed by atoms with Crippen molar-refractivity contribution in [1.82, 2.24) is 4.90 Å². The van der Waals surface area contributed by atoms with Crippen LogP contribution in [-0.2, 0) is 0 Å². The molecule has 0 aromatic carbocycles. The summed E-state index contributed by atoms with van der Waals surface area (Å²) in [6.07, 6.45) is 8.19. The number of piperidine rings is 1. The molecule has 3 aliphatic rings. The maximum Gasteiger partial charge on any atom is 0.0611 e. The Hall–Kier alpha value is -0.0800. The van der Waals surface area contributed by atoms with Crippen LogP contribution in [0.15, 0.2) is 0 Å². The maximum absolute atomic E-state index is 10.2. The topological polar surface area (TPSA) is 23.5 Å². The fourth-order valence-electron chi connectivity index (χ4n) is 4.08. The number of nitrogens with zero attached hydrogens (tertiary/aromatic N) is 1. The van der Waals surface area contributed by atoms with E-state index in [9.17, 15) is 5.11 Å². The molecule has 2 bridgehead atoms. The van der Waals surface area contributed by atoms with Crippen LogP contribution in [0.3, 0.4) is 0 Å². The molecule has 0 spiro atoms. The van der Waals surface area contributed by atoms with E-state index in [0.29, 0.717) is 11.8 Å². The number of hydrogen-bond donors (Lipinski definition) is 1. The average molecular weight is 209 g/mol. The van der Waals surface area contributed by atoms with Crippen LogP contribution in [0.2, 0.25) is 0 Å². The van der Waals surface area contributed by atoms with Crippen molar-refractivity contribution in [2.24, 2.45) is 17.8 Å². The third-order valence-corrected chi connectivity index (χ3v) is 4.96. The van der Waals surface area contributed by atoms with E-state index in [-0.39, 0.29) is 6.10 Å². The summed E-state index contributed by atoms with van der Waals surface area (Å²) in [7, 11) is 0. The van der Waals surface area contributed by atoms with E-state index in [2.05, 4.69) is 4.90 Å². The monoisotopic (exact) mass is 209 g/mol. The Morgan fingerprint density at radius 2 is 1.73 bits per heavy atom. The van der Waals surface area contributed by atoms with Gasteiger partial charge in [-0.2, -0.15) is 0 Å². The van der Waals surface area contributed by atoms with Gasteiger partial charge in [-0.25, -0.2) is 0 Å². The van der Waals surface area contributed by atoms with Crippen molar-refractivity contribution in [3.8, 4) is 0 Å². The standard InChI is InChI=1S/C13H23NO/c15-13-11-5-4-10(8-11)12(13)9-14-6-2-1-3-7-14/h10-13,15H,1-9H2. The lowest BCUT2D eigenvalue weighted by Gasteiger charge is -2.34. The molecule has 4 atom stereocenters. The van der Waals surface area contributed by atoms with Crippen molar-refractivity contribution >= 4 is 0 Å². The maximum atomic E-state index is 10.2. The Labute approximate surface area is 92.7 Å². The zero-order valence-electron chi connectivity index (χ0n) is 9.57. The molecule has 4 unspecified atom stereocenters. The van der Waals surface area contributed by atoms with Crippen LogP contribution >= 0.6 is 0 Å². The number of hydrogen-bond acceptors (Lipinski definition) is 2. The molecule has 1 heterocycles.